The van der Waals surface area contributed by atoms with Crippen molar-refractivity contribution in [3.05, 3.63) is 52.3 Å². The average Bonchev–Trinajstić information content (AvgIpc) is 2.88. The molecule has 2 heterocycles. The van der Waals surface area contributed by atoms with E-state index in [-0.39, 0.29) is 24.4 Å². The van der Waals surface area contributed by atoms with Crippen LogP contribution in [0, 0.1) is 20.8 Å². The number of benzene rings is 1. The first-order chi connectivity index (χ1) is 12.4. The fourth-order valence-electron chi connectivity index (χ4n) is 3.49. The molecule has 0 radical (unpaired) electrons. The van der Waals surface area contributed by atoms with Crippen molar-refractivity contribution in [2.24, 2.45) is 0 Å². The molecule has 1 aliphatic heterocycles. The van der Waals surface area contributed by atoms with Gasteiger partial charge in [0.05, 0.1) is 11.7 Å². The molecule has 1 aromatic heterocycles. The molecule has 26 heavy (non-hydrogen) atoms. The van der Waals surface area contributed by atoms with E-state index in [2.05, 4.69) is 15.7 Å². The number of carbonyl (C=O) groups excluding carboxylic acids is 2. The molecule has 1 aromatic carbocycles. The molecule has 1 atom stereocenters. The summed E-state index contributed by atoms with van der Waals surface area (Å²) in [5.74, 6) is 0.0130. The molecular weight excluding hydrogens is 328 g/mol. The lowest BCUT2D eigenvalue weighted by atomic mass is 9.96. The molecule has 3 rings (SSSR count). The fraction of sp³-hybridized carbons (Fsp3) is 0.450. The highest BCUT2D eigenvalue weighted by atomic mass is 16.2. The summed E-state index contributed by atoms with van der Waals surface area (Å²) in [6, 6.07) is 8.10. The summed E-state index contributed by atoms with van der Waals surface area (Å²) in [6.07, 6.45) is 2.39. The van der Waals surface area contributed by atoms with Crippen LogP contribution in [0.25, 0.3) is 0 Å². The Balaban J connectivity index is 1.64. The Kier molecular flexibility index (Phi) is 5.40. The van der Waals surface area contributed by atoms with E-state index in [1.165, 1.54) is 5.56 Å². The molecular formula is C20H26N4O2. The van der Waals surface area contributed by atoms with Gasteiger partial charge in [-0.05, 0) is 39.2 Å². The van der Waals surface area contributed by atoms with E-state index in [4.69, 9.17) is 0 Å². The molecule has 1 saturated heterocycles. The Morgan fingerprint density at radius 2 is 2.00 bits per heavy atom. The number of hydrogen-bond acceptors (Lipinski definition) is 3. The maximum atomic E-state index is 12.3. The molecule has 0 spiro atoms. The van der Waals surface area contributed by atoms with E-state index in [0.29, 0.717) is 13.0 Å². The molecule has 2 amide bonds. The van der Waals surface area contributed by atoms with Gasteiger partial charge in [-0.15, -0.1) is 0 Å². The van der Waals surface area contributed by atoms with E-state index >= 15 is 0 Å². The van der Waals surface area contributed by atoms with Gasteiger partial charge < -0.3 is 10.6 Å². The lowest BCUT2D eigenvalue weighted by Crippen LogP contribution is -2.33. The minimum Gasteiger partial charge on any atom is -0.350 e. The van der Waals surface area contributed by atoms with Crippen LogP contribution in [0.2, 0.25) is 0 Å². The summed E-state index contributed by atoms with van der Waals surface area (Å²) in [7, 11) is 0. The molecule has 2 N–H and O–H groups in total. The molecule has 0 saturated carbocycles. The Labute approximate surface area is 154 Å². The smallest absolute Gasteiger partial charge is 0.242 e. The van der Waals surface area contributed by atoms with E-state index in [0.717, 1.165) is 35.4 Å². The number of rotatable bonds is 5. The third-order valence-electron chi connectivity index (χ3n) is 4.92. The Morgan fingerprint density at radius 3 is 2.69 bits per heavy atom. The van der Waals surface area contributed by atoms with Crippen LogP contribution in [0.3, 0.4) is 0 Å². The highest BCUT2D eigenvalue weighted by Crippen LogP contribution is 2.28. The number of hydrogen-bond donors (Lipinski definition) is 2. The Hall–Kier alpha value is -2.63. The lowest BCUT2D eigenvalue weighted by molar-refractivity contribution is -0.123. The summed E-state index contributed by atoms with van der Waals surface area (Å²) >= 11 is 0. The monoisotopic (exact) mass is 354 g/mol. The standard InChI is InChI=1S/C20H26N4O2/c1-13-7-9-16(10-8-13)11-21-19(26)12-24-15(3)20(14(2)23-24)17-5-4-6-18(25)22-17/h7-10,17H,4-6,11-12H2,1-3H3,(H,21,26)(H,22,25). The Morgan fingerprint density at radius 1 is 1.27 bits per heavy atom. The Bertz CT molecular complexity index is 808. The number of aromatic nitrogens is 2. The van der Waals surface area contributed by atoms with Gasteiger partial charge in [0.15, 0.2) is 0 Å². The van der Waals surface area contributed by atoms with Gasteiger partial charge in [0.25, 0.3) is 0 Å². The van der Waals surface area contributed by atoms with Gasteiger partial charge in [-0.3, -0.25) is 14.3 Å². The second-order valence-electron chi connectivity index (χ2n) is 7.02. The van der Waals surface area contributed by atoms with Crippen molar-refractivity contribution in [3.63, 3.8) is 0 Å². The molecule has 0 aliphatic carbocycles. The molecule has 6 nitrogen and oxygen atoms in total. The largest absolute Gasteiger partial charge is 0.350 e. The predicted molar refractivity (Wildman–Crippen MR) is 99.5 cm³/mol. The summed E-state index contributed by atoms with van der Waals surface area (Å²) < 4.78 is 1.73. The third-order valence-corrected chi connectivity index (χ3v) is 4.92. The van der Waals surface area contributed by atoms with Crippen LogP contribution in [0.1, 0.15) is 53.4 Å². The summed E-state index contributed by atoms with van der Waals surface area (Å²) in [5, 5.41) is 10.5. The second kappa shape index (κ2) is 7.72. The number of carbonyl (C=O) groups is 2. The summed E-state index contributed by atoms with van der Waals surface area (Å²) in [6.45, 7) is 6.62. The van der Waals surface area contributed by atoms with Crippen LogP contribution in [-0.4, -0.2) is 21.6 Å². The SMILES string of the molecule is Cc1ccc(CNC(=O)Cn2nc(C)c(C3CCCC(=O)N3)c2C)cc1. The fourth-order valence-corrected chi connectivity index (χ4v) is 3.49. The van der Waals surface area contributed by atoms with Gasteiger partial charge in [0, 0.05) is 24.2 Å². The van der Waals surface area contributed by atoms with Gasteiger partial charge in [-0.1, -0.05) is 29.8 Å². The molecule has 6 heteroatoms. The minimum absolute atomic E-state index is 0.000574. The zero-order chi connectivity index (χ0) is 18.7. The quantitative estimate of drug-likeness (QED) is 0.866. The first-order valence-electron chi connectivity index (χ1n) is 9.09. The van der Waals surface area contributed by atoms with Gasteiger partial charge >= 0.3 is 0 Å². The maximum Gasteiger partial charge on any atom is 0.242 e. The number of nitrogens with one attached hydrogen (secondary N) is 2. The second-order valence-corrected chi connectivity index (χ2v) is 7.02. The van der Waals surface area contributed by atoms with Gasteiger partial charge in [-0.25, -0.2) is 0 Å². The predicted octanol–water partition coefficient (Wildman–Crippen LogP) is 2.47. The van der Waals surface area contributed by atoms with Crippen molar-refractivity contribution in [1.82, 2.24) is 20.4 Å². The van der Waals surface area contributed by atoms with E-state index in [9.17, 15) is 9.59 Å². The van der Waals surface area contributed by atoms with Gasteiger partial charge in [0.1, 0.15) is 6.54 Å². The van der Waals surface area contributed by atoms with Crippen molar-refractivity contribution in [2.45, 2.75) is 59.2 Å². The number of nitrogens with zero attached hydrogens (tertiary/aromatic N) is 2. The number of aryl methyl sites for hydroxylation is 2. The topological polar surface area (TPSA) is 76.0 Å². The third kappa shape index (κ3) is 4.12. The number of amides is 2. The zero-order valence-corrected chi connectivity index (χ0v) is 15.6. The highest BCUT2D eigenvalue weighted by Gasteiger charge is 2.26. The lowest BCUT2D eigenvalue weighted by Gasteiger charge is -2.23. The van der Waals surface area contributed by atoms with Crippen LogP contribution in [0.15, 0.2) is 24.3 Å². The molecule has 138 valence electrons. The van der Waals surface area contributed by atoms with Crippen molar-refractivity contribution in [1.29, 1.82) is 0 Å². The van der Waals surface area contributed by atoms with Crippen LogP contribution in [0.4, 0.5) is 0 Å². The van der Waals surface area contributed by atoms with Crippen LogP contribution >= 0.6 is 0 Å². The van der Waals surface area contributed by atoms with Crippen molar-refractivity contribution in [3.8, 4) is 0 Å². The van der Waals surface area contributed by atoms with Crippen molar-refractivity contribution >= 4 is 11.8 Å². The normalized spacial score (nSPS) is 17.0. The molecule has 0 bridgehead atoms. The van der Waals surface area contributed by atoms with Crippen molar-refractivity contribution < 1.29 is 9.59 Å². The molecule has 2 aromatic rings. The summed E-state index contributed by atoms with van der Waals surface area (Å²) in [5.41, 5.74) is 5.14. The average molecular weight is 354 g/mol. The van der Waals surface area contributed by atoms with Crippen molar-refractivity contribution in [2.75, 3.05) is 0 Å². The first-order valence-corrected chi connectivity index (χ1v) is 9.09. The summed E-state index contributed by atoms with van der Waals surface area (Å²) in [4.78, 5) is 24.0. The maximum absolute atomic E-state index is 12.3. The molecule has 1 fully saturated rings. The van der Waals surface area contributed by atoms with E-state index in [1.807, 2.05) is 45.0 Å². The van der Waals surface area contributed by atoms with E-state index < -0.39 is 0 Å². The van der Waals surface area contributed by atoms with Crippen LogP contribution in [-0.2, 0) is 22.7 Å². The minimum atomic E-state index is -0.0737. The van der Waals surface area contributed by atoms with E-state index in [1.54, 1.807) is 4.68 Å². The van der Waals surface area contributed by atoms with Crippen LogP contribution in [0.5, 0.6) is 0 Å². The van der Waals surface area contributed by atoms with Crippen LogP contribution < -0.4 is 10.6 Å². The number of piperidine rings is 1. The first kappa shape index (κ1) is 18.2. The van der Waals surface area contributed by atoms with Gasteiger partial charge in [0.2, 0.25) is 11.8 Å². The highest BCUT2D eigenvalue weighted by molar-refractivity contribution is 5.77. The zero-order valence-electron chi connectivity index (χ0n) is 15.6. The molecule has 1 aliphatic rings. The van der Waals surface area contributed by atoms with Gasteiger partial charge in [-0.2, -0.15) is 5.10 Å². The molecule has 1 unspecified atom stereocenters.